The number of aliphatic hydroxyl groups is 1. The minimum Gasteiger partial charge on any atom is -0.506 e. The van der Waals surface area contributed by atoms with Crippen molar-refractivity contribution in [3.63, 3.8) is 0 Å². The van der Waals surface area contributed by atoms with Gasteiger partial charge in [0.2, 0.25) is 5.56 Å². The van der Waals surface area contributed by atoms with Crippen molar-refractivity contribution < 1.29 is 19.7 Å². The molecule has 0 amide bonds. The molecule has 0 fully saturated rings. The zero-order valence-electron chi connectivity index (χ0n) is 13.5. The molecule has 1 heterocycles. The fourth-order valence-corrected chi connectivity index (χ4v) is 2.47. The molecule has 1 aromatic heterocycles. The molecule has 1 atom stereocenters. The predicted molar refractivity (Wildman–Crippen MR) is 89.9 cm³/mol. The standard InChI is InChI=1S/C17H22N2O5/c1-11(20)24-9-3-2-8-18-10-15(22)12-4-6-14(21)17-13(12)5-7-16(23)19-17/h4-7,15,18,21-22H,2-3,8-10H2,1H3,(H,19,23)/t15-/m1/s1. The van der Waals surface area contributed by atoms with Crippen molar-refractivity contribution >= 4 is 16.9 Å². The maximum absolute atomic E-state index is 11.4. The predicted octanol–water partition coefficient (Wildman–Crippen LogP) is 1.20. The second kappa shape index (κ2) is 8.47. The number of benzene rings is 1. The number of fused-ring (bicyclic) bond motifs is 1. The third-order valence-electron chi connectivity index (χ3n) is 3.66. The lowest BCUT2D eigenvalue weighted by Gasteiger charge is -2.15. The normalized spacial score (nSPS) is 12.2. The van der Waals surface area contributed by atoms with Crippen LogP contribution in [0.25, 0.3) is 10.9 Å². The lowest BCUT2D eigenvalue weighted by molar-refractivity contribution is -0.141. The van der Waals surface area contributed by atoms with Gasteiger partial charge in [-0.05, 0) is 37.1 Å². The summed E-state index contributed by atoms with van der Waals surface area (Å²) >= 11 is 0. The number of aromatic amines is 1. The minimum atomic E-state index is -0.771. The van der Waals surface area contributed by atoms with Crippen molar-refractivity contribution in [1.29, 1.82) is 0 Å². The van der Waals surface area contributed by atoms with E-state index in [0.29, 0.717) is 36.2 Å². The molecule has 0 spiro atoms. The first-order valence-corrected chi connectivity index (χ1v) is 7.86. The smallest absolute Gasteiger partial charge is 0.302 e. The first-order valence-electron chi connectivity index (χ1n) is 7.86. The number of aromatic nitrogens is 1. The van der Waals surface area contributed by atoms with Crippen molar-refractivity contribution in [1.82, 2.24) is 10.3 Å². The summed E-state index contributed by atoms with van der Waals surface area (Å²) in [5.74, 6) is -0.312. The van der Waals surface area contributed by atoms with Gasteiger partial charge in [0, 0.05) is 24.9 Å². The van der Waals surface area contributed by atoms with E-state index in [2.05, 4.69) is 10.3 Å². The Morgan fingerprint density at radius 2 is 2.08 bits per heavy atom. The number of carbonyl (C=O) groups excluding carboxylic acids is 1. The second-order valence-electron chi connectivity index (χ2n) is 5.55. The van der Waals surface area contributed by atoms with E-state index in [-0.39, 0.29) is 17.3 Å². The number of unbranched alkanes of at least 4 members (excludes halogenated alkanes) is 1. The molecule has 4 N–H and O–H groups in total. The molecule has 0 bridgehead atoms. The minimum absolute atomic E-state index is 0.0305. The van der Waals surface area contributed by atoms with Gasteiger partial charge in [-0.2, -0.15) is 0 Å². The number of ether oxygens (including phenoxy) is 1. The highest BCUT2D eigenvalue weighted by Crippen LogP contribution is 2.28. The molecule has 130 valence electrons. The summed E-state index contributed by atoms with van der Waals surface area (Å²) in [5, 5.41) is 23.9. The molecule has 0 aliphatic carbocycles. The Bertz CT molecular complexity index is 756. The molecule has 1 aromatic carbocycles. The van der Waals surface area contributed by atoms with Crippen LogP contribution in [0, 0.1) is 0 Å². The van der Waals surface area contributed by atoms with Crippen LogP contribution < -0.4 is 10.9 Å². The van der Waals surface area contributed by atoms with E-state index in [0.717, 1.165) is 12.8 Å². The highest BCUT2D eigenvalue weighted by molar-refractivity contribution is 5.87. The van der Waals surface area contributed by atoms with Crippen molar-refractivity contribution in [3.05, 3.63) is 40.2 Å². The number of H-pyrrole nitrogens is 1. The number of phenols is 1. The topological polar surface area (TPSA) is 112 Å². The Morgan fingerprint density at radius 1 is 1.29 bits per heavy atom. The van der Waals surface area contributed by atoms with Gasteiger partial charge < -0.3 is 25.3 Å². The van der Waals surface area contributed by atoms with Crippen LogP contribution in [0.15, 0.2) is 29.1 Å². The lowest BCUT2D eigenvalue weighted by Crippen LogP contribution is -2.23. The maximum atomic E-state index is 11.4. The maximum Gasteiger partial charge on any atom is 0.302 e. The van der Waals surface area contributed by atoms with Crippen molar-refractivity contribution in [2.24, 2.45) is 0 Å². The molecule has 0 radical (unpaired) electrons. The van der Waals surface area contributed by atoms with Crippen LogP contribution in [-0.4, -0.2) is 40.9 Å². The fraction of sp³-hybridized carbons (Fsp3) is 0.412. The average Bonchev–Trinajstić information content (AvgIpc) is 2.54. The fourth-order valence-electron chi connectivity index (χ4n) is 2.47. The van der Waals surface area contributed by atoms with Crippen LogP contribution in [0.4, 0.5) is 0 Å². The van der Waals surface area contributed by atoms with Crippen LogP contribution in [0.5, 0.6) is 5.75 Å². The molecule has 2 aromatic rings. The number of nitrogens with one attached hydrogen (secondary N) is 2. The molecular formula is C17H22N2O5. The van der Waals surface area contributed by atoms with E-state index in [4.69, 9.17) is 4.74 Å². The van der Waals surface area contributed by atoms with Gasteiger partial charge in [0.1, 0.15) is 5.75 Å². The number of carbonyl (C=O) groups is 1. The summed E-state index contributed by atoms with van der Waals surface area (Å²) in [6.07, 6.45) is 0.808. The van der Waals surface area contributed by atoms with Gasteiger partial charge in [0.15, 0.2) is 0 Å². The van der Waals surface area contributed by atoms with E-state index < -0.39 is 6.10 Å². The number of hydrogen-bond donors (Lipinski definition) is 4. The molecule has 2 rings (SSSR count). The third-order valence-corrected chi connectivity index (χ3v) is 3.66. The third kappa shape index (κ3) is 4.81. The number of aliphatic hydroxyl groups excluding tert-OH is 1. The Kier molecular flexibility index (Phi) is 6.34. The van der Waals surface area contributed by atoms with Crippen LogP contribution in [0.1, 0.15) is 31.4 Å². The summed E-state index contributed by atoms with van der Waals surface area (Å²) < 4.78 is 4.84. The largest absolute Gasteiger partial charge is 0.506 e. The molecular weight excluding hydrogens is 312 g/mol. The van der Waals surface area contributed by atoms with Gasteiger partial charge in [-0.1, -0.05) is 6.07 Å². The molecule has 0 saturated carbocycles. The van der Waals surface area contributed by atoms with E-state index in [1.807, 2.05) is 0 Å². The Labute approximate surface area is 139 Å². The SMILES string of the molecule is CC(=O)OCCCCNC[C@@H](O)c1ccc(O)c2[nH]c(=O)ccc12. The summed E-state index contributed by atoms with van der Waals surface area (Å²) in [5.41, 5.74) is 0.641. The monoisotopic (exact) mass is 334 g/mol. The molecule has 0 aliphatic heterocycles. The second-order valence-corrected chi connectivity index (χ2v) is 5.55. The first-order chi connectivity index (χ1) is 11.5. The summed E-state index contributed by atoms with van der Waals surface area (Å²) in [6.45, 7) is 2.80. The van der Waals surface area contributed by atoms with Gasteiger partial charge in [0.05, 0.1) is 18.2 Å². The van der Waals surface area contributed by atoms with Gasteiger partial charge in [-0.25, -0.2) is 0 Å². The number of aromatic hydroxyl groups is 1. The molecule has 24 heavy (non-hydrogen) atoms. The number of pyridine rings is 1. The number of esters is 1. The Balaban J connectivity index is 1.90. The molecule has 7 nitrogen and oxygen atoms in total. The molecule has 0 aliphatic rings. The van der Waals surface area contributed by atoms with Gasteiger partial charge in [-0.15, -0.1) is 0 Å². The van der Waals surface area contributed by atoms with E-state index in [9.17, 15) is 19.8 Å². The molecule has 7 heteroatoms. The van der Waals surface area contributed by atoms with Crippen molar-refractivity contribution in [2.75, 3.05) is 19.7 Å². The van der Waals surface area contributed by atoms with E-state index in [1.54, 1.807) is 12.1 Å². The highest BCUT2D eigenvalue weighted by atomic mass is 16.5. The van der Waals surface area contributed by atoms with Crippen LogP contribution in [0.2, 0.25) is 0 Å². The quantitative estimate of drug-likeness (QED) is 0.426. The molecule has 0 unspecified atom stereocenters. The lowest BCUT2D eigenvalue weighted by atomic mass is 10.0. The van der Waals surface area contributed by atoms with Gasteiger partial charge >= 0.3 is 5.97 Å². The van der Waals surface area contributed by atoms with E-state index in [1.165, 1.54) is 19.1 Å². The summed E-state index contributed by atoms with van der Waals surface area (Å²) in [4.78, 5) is 24.6. The van der Waals surface area contributed by atoms with Gasteiger partial charge in [0.25, 0.3) is 0 Å². The van der Waals surface area contributed by atoms with E-state index >= 15 is 0 Å². The van der Waals surface area contributed by atoms with Crippen LogP contribution in [0.3, 0.4) is 0 Å². The summed E-state index contributed by atoms with van der Waals surface area (Å²) in [6, 6.07) is 6.05. The van der Waals surface area contributed by atoms with Crippen molar-refractivity contribution in [3.8, 4) is 5.75 Å². The molecule has 0 saturated heterocycles. The van der Waals surface area contributed by atoms with Gasteiger partial charge in [-0.3, -0.25) is 9.59 Å². The van der Waals surface area contributed by atoms with Crippen LogP contribution >= 0.6 is 0 Å². The Hall–Kier alpha value is -2.38. The summed E-state index contributed by atoms with van der Waals surface area (Å²) in [7, 11) is 0. The number of hydrogen-bond acceptors (Lipinski definition) is 6. The highest BCUT2D eigenvalue weighted by Gasteiger charge is 2.13. The van der Waals surface area contributed by atoms with Crippen LogP contribution in [-0.2, 0) is 9.53 Å². The Morgan fingerprint density at radius 3 is 2.83 bits per heavy atom. The number of phenolic OH excluding ortho intramolecular Hbond substituents is 1. The average molecular weight is 334 g/mol. The number of rotatable bonds is 8. The zero-order chi connectivity index (χ0) is 17.5. The van der Waals surface area contributed by atoms with Crippen molar-refractivity contribution in [2.45, 2.75) is 25.9 Å². The first kappa shape index (κ1) is 18.0. The zero-order valence-corrected chi connectivity index (χ0v) is 13.5.